The molecule has 1 aromatic rings. The second-order valence-electron chi connectivity index (χ2n) is 5.09. The number of carbonyl (C=O) groups is 1. The molecule has 0 amide bonds. The van der Waals surface area contributed by atoms with Gasteiger partial charge in [-0.15, -0.1) is 0 Å². The van der Waals surface area contributed by atoms with E-state index in [1.165, 1.54) is 24.8 Å². The maximum absolute atomic E-state index is 12.0. The third-order valence-electron chi connectivity index (χ3n) is 3.84. The van der Waals surface area contributed by atoms with Crippen LogP contribution in [0.4, 0.5) is 0 Å². The molecule has 1 aliphatic heterocycles. The number of allylic oxidation sites excluding steroid dienone is 1. The average molecular weight is 242 g/mol. The van der Waals surface area contributed by atoms with Gasteiger partial charge in [-0.25, -0.2) is 4.79 Å². The lowest BCUT2D eigenvalue weighted by Gasteiger charge is -2.27. The molecule has 1 aromatic carbocycles. The van der Waals surface area contributed by atoms with E-state index in [4.69, 9.17) is 4.74 Å². The Morgan fingerprint density at radius 1 is 1.00 bits per heavy atom. The summed E-state index contributed by atoms with van der Waals surface area (Å²) in [7, 11) is 0. The minimum atomic E-state index is -0.160. The highest BCUT2D eigenvalue weighted by Gasteiger charge is 2.30. The van der Waals surface area contributed by atoms with E-state index in [2.05, 4.69) is 6.08 Å². The molecule has 2 nitrogen and oxygen atoms in total. The van der Waals surface area contributed by atoms with Crippen molar-refractivity contribution in [2.45, 2.75) is 44.6 Å². The molecule has 1 atom stereocenters. The van der Waals surface area contributed by atoms with Crippen LogP contribution in [0.25, 0.3) is 5.57 Å². The van der Waals surface area contributed by atoms with Crippen molar-refractivity contribution in [3.63, 3.8) is 0 Å². The molecule has 0 bridgehead atoms. The zero-order valence-electron chi connectivity index (χ0n) is 10.5. The molecule has 2 heteroatoms. The smallest absolute Gasteiger partial charge is 0.339 e. The highest BCUT2D eigenvalue weighted by molar-refractivity contribution is 5.99. The molecule has 0 saturated carbocycles. The second kappa shape index (κ2) is 4.97. The minimum absolute atomic E-state index is 0.0227. The lowest BCUT2D eigenvalue weighted by Crippen LogP contribution is -2.26. The maximum Gasteiger partial charge on any atom is 0.339 e. The third-order valence-corrected chi connectivity index (χ3v) is 3.84. The Kier molecular flexibility index (Phi) is 3.18. The standard InChI is InChI=1S/C16H18O2/c17-16-14-10-7-6-8-12(14)13-9-4-2-1-3-5-11-15(13)18-16/h6-10,15H,1-5,11H2/b13-9-. The van der Waals surface area contributed by atoms with Crippen LogP contribution in [-0.2, 0) is 4.74 Å². The maximum atomic E-state index is 12.0. The Balaban J connectivity index is 2.03. The fourth-order valence-corrected chi connectivity index (χ4v) is 2.88. The van der Waals surface area contributed by atoms with Crippen LogP contribution in [-0.4, -0.2) is 12.1 Å². The molecule has 94 valence electrons. The monoisotopic (exact) mass is 242 g/mol. The molecule has 1 heterocycles. The predicted molar refractivity (Wildman–Crippen MR) is 71.3 cm³/mol. The zero-order chi connectivity index (χ0) is 12.4. The average Bonchev–Trinajstić information content (AvgIpc) is 2.51. The Labute approximate surface area is 108 Å². The van der Waals surface area contributed by atoms with Gasteiger partial charge in [-0.05, 0) is 42.9 Å². The first-order chi connectivity index (χ1) is 8.86. The van der Waals surface area contributed by atoms with Gasteiger partial charge >= 0.3 is 5.97 Å². The number of hydrogen-bond acceptors (Lipinski definition) is 2. The van der Waals surface area contributed by atoms with Crippen LogP contribution in [0, 0.1) is 0 Å². The minimum Gasteiger partial charge on any atom is -0.454 e. The highest BCUT2D eigenvalue weighted by Crippen LogP contribution is 2.34. The quantitative estimate of drug-likeness (QED) is 0.644. The Hall–Kier alpha value is -1.57. The van der Waals surface area contributed by atoms with Crippen LogP contribution in [0.1, 0.15) is 54.4 Å². The van der Waals surface area contributed by atoms with Gasteiger partial charge in [0.15, 0.2) is 0 Å². The largest absolute Gasteiger partial charge is 0.454 e. The molecule has 0 N–H and O–H groups in total. The van der Waals surface area contributed by atoms with Crippen LogP contribution >= 0.6 is 0 Å². The molecule has 1 unspecified atom stereocenters. The lowest BCUT2D eigenvalue weighted by molar-refractivity contribution is 0.0373. The summed E-state index contributed by atoms with van der Waals surface area (Å²) in [6.45, 7) is 0. The van der Waals surface area contributed by atoms with Gasteiger partial charge in [0.05, 0.1) is 5.56 Å². The molecule has 0 spiro atoms. The van der Waals surface area contributed by atoms with Crippen molar-refractivity contribution in [3.8, 4) is 0 Å². The molecule has 18 heavy (non-hydrogen) atoms. The zero-order valence-corrected chi connectivity index (χ0v) is 10.5. The lowest BCUT2D eigenvalue weighted by atomic mass is 9.90. The number of esters is 1. The van der Waals surface area contributed by atoms with E-state index < -0.39 is 0 Å². The first-order valence-corrected chi connectivity index (χ1v) is 6.87. The van der Waals surface area contributed by atoms with Crippen molar-refractivity contribution in [2.75, 3.05) is 0 Å². The summed E-state index contributed by atoms with van der Waals surface area (Å²) in [4.78, 5) is 12.0. The van der Waals surface area contributed by atoms with Gasteiger partial charge in [0.1, 0.15) is 6.10 Å². The van der Waals surface area contributed by atoms with E-state index >= 15 is 0 Å². The van der Waals surface area contributed by atoms with Crippen molar-refractivity contribution in [2.24, 2.45) is 0 Å². The molecular weight excluding hydrogens is 224 g/mol. The van der Waals surface area contributed by atoms with E-state index in [9.17, 15) is 4.79 Å². The van der Waals surface area contributed by atoms with Gasteiger partial charge in [-0.3, -0.25) is 0 Å². The van der Waals surface area contributed by atoms with E-state index in [1.807, 2.05) is 24.3 Å². The predicted octanol–water partition coefficient (Wildman–Crippen LogP) is 3.96. The van der Waals surface area contributed by atoms with E-state index in [1.54, 1.807) is 0 Å². The van der Waals surface area contributed by atoms with E-state index in [-0.39, 0.29) is 12.1 Å². The number of benzene rings is 1. The van der Waals surface area contributed by atoms with Gasteiger partial charge < -0.3 is 4.74 Å². The normalized spacial score (nSPS) is 26.6. The third kappa shape index (κ3) is 2.07. The van der Waals surface area contributed by atoms with Crippen molar-refractivity contribution in [1.29, 1.82) is 0 Å². The van der Waals surface area contributed by atoms with Crippen LogP contribution in [0.15, 0.2) is 30.3 Å². The summed E-state index contributed by atoms with van der Waals surface area (Å²) in [6, 6.07) is 7.81. The topological polar surface area (TPSA) is 26.3 Å². The number of rotatable bonds is 0. The summed E-state index contributed by atoms with van der Waals surface area (Å²) < 4.78 is 5.60. The van der Waals surface area contributed by atoms with Crippen molar-refractivity contribution < 1.29 is 9.53 Å². The fraction of sp³-hybridized carbons (Fsp3) is 0.438. The first kappa shape index (κ1) is 11.5. The summed E-state index contributed by atoms with van der Waals surface area (Å²) in [5.41, 5.74) is 3.03. The van der Waals surface area contributed by atoms with E-state index in [0.717, 1.165) is 30.4 Å². The molecule has 3 rings (SSSR count). The Morgan fingerprint density at radius 3 is 2.67 bits per heavy atom. The summed E-state index contributed by atoms with van der Waals surface area (Å²) >= 11 is 0. The number of carbonyl (C=O) groups excluding carboxylic acids is 1. The van der Waals surface area contributed by atoms with Crippen LogP contribution in [0.5, 0.6) is 0 Å². The van der Waals surface area contributed by atoms with Crippen molar-refractivity contribution >= 4 is 11.5 Å². The molecule has 0 aromatic heterocycles. The number of fused-ring (bicyclic) bond motifs is 3. The molecule has 0 saturated heterocycles. The first-order valence-electron chi connectivity index (χ1n) is 6.87. The van der Waals surface area contributed by atoms with Gasteiger partial charge in [-0.2, -0.15) is 0 Å². The van der Waals surface area contributed by atoms with Crippen LogP contribution < -0.4 is 0 Å². The summed E-state index contributed by atoms with van der Waals surface area (Å²) in [5, 5.41) is 0. The molecule has 2 aliphatic rings. The number of hydrogen-bond donors (Lipinski definition) is 0. The SMILES string of the molecule is O=C1OC2CCCCCC/C=C\2c2ccccc21. The van der Waals surface area contributed by atoms with Gasteiger partial charge in [0.2, 0.25) is 0 Å². The van der Waals surface area contributed by atoms with Gasteiger partial charge in [0, 0.05) is 0 Å². The van der Waals surface area contributed by atoms with E-state index in [0.29, 0.717) is 0 Å². The van der Waals surface area contributed by atoms with Gasteiger partial charge in [-0.1, -0.05) is 37.1 Å². The molecule has 1 aliphatic carbocycles. The highest BCUT2D eigenvalue weighted by atomic mass is 16.5. The molecule has 0 fully saturated rings. The van der Waals surface area contributed by atoms with Crippen molar-refractivity contribution in [1.82, 2.24) is 0 Å². The summed E-state index contributed by atoms with van der Waals surface area (Å²) in [5.74, 6) is -0.160. The van der Waals surface area contributed by atoms with Crippen LogP contribution in [0.3, 0.4) is 0 Å². The Morgan fingerprint density at radius 2 is 1.78 bits per heavy atom. The molecule has 0 radical (unpaired) electrons. The fourth-order valence-electron chi connectivity index (χ4n) is 2.88. The second-order valence-corrected chi connectivity index (χ2v) is 5.09. The number of ether oxygens (including phenoxy) is 1. The van der Waals surface area contributed by atoms with Crippen LogP contribution in [0.2, 0.25) is 0 Å². The Bertz CT molecular complexity index is 488. The summed E-state index contributed by atoms with van der Waals surface area (Å²) in [6.07, 6.45) is 9.24. The van der Waals surface area contributed by atoms with Crippen molar-refractivity contribution in [3.05, 3.63) is 41.5 Å². The molecular formula is C16H18O2. The van der Waals surface area contributed by atoms with Gasteiger partial charge in [0.25, 0.3) is 0 Å².